The largest absolute Gasteiger partial charge is 0.497 e. The maximum Gasteiger partial charge on any atom is 0.222 e. The molecular weight excluding hydrogens is 360 g/mol. The molecule has 0 saturated heterocycles. The van der Waals surface area contributed by atoms with Gasteiger partial charge in [0.1, 0.15) is 11.6 Å². The molecular formula is C24H26N4O. The van der Waals surface area contributed by atoms with Gasteiger partial charge in [-0.05, 0) is 66.6 Å². The van der Waals surface area contributed by atoms with Crippen LogP contribution in [0.4, 0.5) is 11.8 Å². The summed E-state index contributed by atoms with van der Waals surface area (Å²) in [5.41, 5.74) is 14.3. The molecule has 148 valence electrons. The van der Waals surface area contributed by atoms with Crippen molar-refractivity contribution in [1.29, 1.82) is 0 Å². The Morgan fingerprint density at radius 2 is 1.93 bits per heavy atom. The summed E-state index contributed by atoms with van der Waals surface area (Å²) in [7, 11) is 1.70. The average Bonchev–Trinajstić information content (AvgIpc) is 3.12. The minimum absolute atomic E-state index is 0.279. The first kappa shape index (κ1) is 19.0. The number of ether oxygens (including phenoxy) is 1. The highest BCUT2D eigenvalue weighted by atomic mass is 16.5. The molecule has 0 fully saturated rings. The van der Waals surface area contributed by atoms with Gasteiger partial charge in [-0.2, -0.15) is 4.98 Å². The molecule has 0 amide bonds. The monoisotopic (exact) mass is 386 g/mol. The molecule has 0 aliphatic heterocycles. The maximum absolute atomic E-state index is 5.99. The van der Waals surface area contributed by atoms with Crippen LogP contribution in [0, 0.1) is 13.8 Å². The van der Waals surface area contributed by atoms with Gasteiger partial charge in [-0.25, -0.2) is 4.98 Å². The summed E-state index contributed by atoms with van der Waals surface area (Å²) < 4.78 is 5.37. The van der Waals surface area contributed by atoms with Crippen molar-refractivity contribution in [3.05, 3.63) is 70.8 Å². The van der Waals surface area contributed by atoms with E-state index in [0.29, 0.717) is 0 Å². The SMILES string of the molecule is COc1ccc2c(c1)C(CCNc1cc(-c3cccc(C)c3C)nc(N)n1)=CC2. The van der Waals surface area contributed by atoms with Crippen LogP contribution in [0.25, 0.3) is 16.8 Å². The van der Waals surface area contributed by atoms with Crippen LogP contribution in [0.5, 0.6) is 5.75 Å². The lowest BCUT2D eigenvalue weighted by molar-refractivity contribution is 0.414. The Kier molecular flexibility index (Phi) is 5.21. The van der Waals surface area contributed by atoms with E-state index in [2.05, 4.69) is 59.5 Å². The Labute approximate surface area is 171 Å². The summed E-state index contributed by atoms with van der Waals surface area (Å²) in [4.78, 5) is 8.81. The first-order chi connectivity index (χ1) is 14.0. The second-order valence-corrected chi connectivity index (χ2v) is 7.38. The van der Waals surface area contributed by atoms with Crippen LogP contribution < -0.4 is 15.8 Å². The van der Waals surface area contributed by atoms with Gasteiger partial charge in [0.25, 0.3) is 0 Å². The third-order valence-electron chi connectivity index (χ3n) is 5.56. The number of rotatable bonds is 6. The zero-order valence-electron chi connectivity index (χ0n) is 17.1. The summed E-state index contributed by atoms with van der Waals surface area (Å²) in [6.07, 6.45) is 4.18. The normalized spacial score (nSPS) is 12.4. The second kappa shape index (κ2) is 7.95. The van der Waals surface area contributed by atoms with Crippen molar-refractivity contribution in [3.63, 3.8) is 0 Å². The van der Waals surface area contributed by atoms with E-state index in [4.69, 9.17) is 10.5 Å². The second-order valence-electron chi connectivity index (χ2n) is 7.38. The molecule has 0 spiro atoms. The van der Waals surface area contributed by atoms with Gasteiger partial charge in [0.05, 0.1) is 12.8 Å². The van der Waals surface area contributed by atoms with Gasteiger partial charge >= 0.3 is 0 Å². The Morgan fingerprint density at radius 3 is 2.76 bits per heavy atom. The number of hydrogen-bond acceptors (Lipinski definition) is 5. The minimum Gasteiger partial charge on any atom is -0.497 e. The van der Waals surface area contributed by atoms with E-state index in [1.54, 1.807) is 7.11 Å². The van der Waals surface area contributed by atoms with Crippen molar-refractivity contribution < 1.29 is 4.74 Å². The van der Waals surface area contributed by atoms with Crippen molar-refractivity contribution in [2.45, 2.75) is 26.7 Å². The van der Waals surface area contributed by atoms with Gasteiger partial charge in [-0.15, -0.1) is 0 Å². The number of benzene rings is 2. The molecule has 4 rings (SSSR count). The van der Waals surface area contributed by atoms with Crippen LogP contribution in [0.3, 0.4) is 0 Å². The van der Waals surface area contributed by atoms with E-state index in [0.717, 1.165) is 42.2 Å². The van der Waals surface area contributed by atoms with Gasteiger partial charge in [0, 0.05) is 18.2 Å². The predicted octanol–water partition coefficient (Wildman–Crippen LogP) is 4.79. The van der Waals surface area contributed by atoms with Gasteiger partial charge in [0.15, 0.2) is 0 Å². The van der Waals surface area contributed by atoms with Crippen LogP contribution in [0.15, 0.2) is 48.5 Å². The Hall–Kier alpha value is -3.34. The molecule has 29 heavy (non-hydrogen) atoms. The van der Waals surface area contributed by atoms with E-state index in [9.17, 15) is 0 Å². The summed E-state index contributed by atoms with van der Waals surface area (Å²) in [6.45, 7) is 4.98. The molecule has 5 heteroatoms. The lowest BCUT2D eigenvalue weighted by Gasteiger charge is -2.12. The fraction of sp³-hybridized carbons (Fsp3) is 0.250. The number of nitrogens with one attached hydrogen (secondary N) is 1. The van der Waals surface area contributed by atoms with Gasteiger partial charge in [-0.3, -0.25) is 0 Å². The number of anilines is 2. The van der Waals surface area contributed by atoms with Crippen molar-refractivity contribution in [1.82, 2.24) is 9.97 Å². The number of fused-ring (bicyclic) bond motifs is 1. The van der Waals surface area contributed by atoms with E-state index in [1.165, 1.54) is 27.8 Å². The highest BCUT2D eigenvalue weighted by Gasteiger charge is 2.15. The number of methoxy groups -OCH3 is 1. The number of nitrogen functional groups attached to an aromatic ring is 1. The molecule has 3 aromatic rings. The van der Waals surface area contributed by atoms with E-state index in [1.807, 2.05) is 18.2 Å². The number of allylic oxidation sites excluding steroid dienone is 1. The number of nitrogens with zero attached hydrogens (tertiary/aromatic N) is 2. The van der Waals surface area contributed by atoms with E-state index >= 15 is 0 Å². The minimum atomic E-state index is 0.279. The first-order valence-corrected chi connectivity index (χ1v) is 9.86. The third-order valence-corrected chi connectivity index (χ3v) is 5.56. The molecule has 1 aliphatic carbocycles. The summed E-state index contributed by atoms with van der Waals surface area (Å²) in [5.74, 6) is 1.92. The number of aryl methyl sites for hydroxylation is 1. The third kappa shape index (κ3) is 3.94. The van der Waals surface area contributed by atoms with Crippen molar-refractivity contribution >= 4 is 17.3 Å². The smallest absolute Gasteiger partial charge is 0.222 e. The van der Waals surface area contributed by atoms with Crippen molar-refractivity contribution in [2.24, 2.45) is 0 Å². The van der Waals surface area contributed by atoms with Crippen LogP contribution in [-0.2, 0) is 6.42 Å². The average molecular weight is 386 g/mol. The summed E-state index contributed by atoms with van der Waals surface area (Å²) >= 11 is 0. The first-order valence-electron chi connectivity index (χ1n) is 9.86. The zero-order chi connectivity index (χ0) is 20.4. The van der Waals surface area contributed by atoms with Crippen molar-refractivity contribution in [3.8, 4) is 17.0 Å². The van der Waals surface area contributed by atoms with Gasteiger partial charge in [-0.1, -0.05) is 30.3 Å². The zero-order valence-corrected chi connectivity index (χ0v) is 17.1. The molecule has 1 aliphatic rings. The summed E-state index contributed by atoms with van der Waals surface area (Å²) in [6, 6.07) is 14.5. The van der Waals surface area contributed by atoms with Crippen LogP contribution in [-0.4, -0.2) is 23.6 Å². The quantitative estimate of drug-likeness (QED) is 0.637. The van der Waals surface area contributed by atoms with E-state index < -0.39 is 0 Å². The molecule has 3 N–H and O–H groups in total. The number of aromatic nitrogens is 2. The molecule has 0 bridgehead atoms. The van der Waals surface area contributed by atoms with Crippen LogP contribution in [0.1, 0.15) is 28.7 Å². The predicted molar refractivity (Wildman–Crippen MR) is 119 cm³/mol. The van der Waals surface area contributed by atoms with E-state index in [-0.39, 0.29) is 5.95 Å². The lowest BCUT2D eigenvalue weighted by Crippen LogP contribution is -2.07. The number of nitrogens with two attached hydrogens (primary N) is 1. The highest BCUT2D eigenvalue weighted by molar-refractivity contribution is 5.74. The Morgan fingerprint density at radius 1 is 1.07 bits per heavy atom. The molecule has 0 unspecified atom stereocenters. The fourth-order valence-electron chi connectivity index (χ4n) is 3.79. The molecule has 1 heterocycles. The molecule has 0 saturated carbocycles. The Bertz CT molecular complexity index is 1090. The topological polar surface area (TPSA) is 73.1 Å². The number of hydrogen-bond donors (Lipinski definition) is 2. The highest BCUT2D eigenvalue weighted by Crippen LogP contribution is 2.33. The molecule has 2 aromatic carbocycles. The lowest BCUT2D eigenvalue weighted by atomic mass is 10.0. The molecule has 5 nitrogen and oxygen atoms in total. The van der Waals surface area contributed by atoms with Crippen LogP contribution >= 0.6 is 0 Å². The molecule has 1 aromatic heterocycles. The summed E-state index contributed by atoms with van der Waals surface area (Å²) in [5, 5.41) is 3.41. The fourth-order valence-corrected chi connectivity index (χ4v) is 3.79. The molecule has 0 atom stereocenters. The Balaban J connectivity index is 1.48. The van der Waals surface area contributed by atoms with Gasteiger partial charge < -0.3 is 15.8 Å². The van der Waals surface area contributed by atoms with Crippen molar-refractivity contribution in [2.75, 3.05) is 24.7 Å². The maximum atomic E-state index is 5.99. The van der Waals surface area contributed by atoms with Crippen LogP contribution in [0.2, 0.25) is 0 Å². The van der Waals surface area contributed by atoms with Gasteiger partial charge in [0.2, 0.25) is 5.95 Å². The standard InChI is InChI=1S/C24H26N4O/c1-15-5-4-6-20(16(15)2)22-14-23(28-24(25)27-22)26-12-11-18-8-7-17-9-10-19(29-3)13-21(17)18/h4-6,8-10,13-14H,7,11-12H2,1-3H3,(H3,25,26,27,28). The molecule has 0 radical (unpaired) electrons.